The zero-order valence-corrected chi connectivity index (χ0v) is 11.7. The summed E-state index contributed by atoms with van der Waals surface area (Å²) < 4.78 is 1.88. The maximum Gasteiger partial charge on any atom is 0.0666 e. The molecule has 3 aromatic rings. The van der Waals surface area contributed by atoms with Crippen LogP contribution in [0.1, 0.15) is 11.1 Å². The number of benzene rings is 2. The van der Waals surface area contributed by atoms with E-state index in [2.05, 4.69) is 58.9 Å². The van der Waals surface area contributed by atoms with Gasteiger partial charge in [0, 0.05) is 24.1 Å². The minimum atomic E-state index is 0.482. The predicted octanol–water partition coefficient (Wildman–Crippen LogP) is 3.45. The van der Waals surface area contributed by atoms with Crippen LogP contribution >= 0.6 is 0 Å². The summed E-state index contributed by atoms with van der Waals surface area (Å²) in [6.07, 6.45) is 5.96. The van der Waals surface area contributed by atoms with Gasteiger partial charge in [0.05, 0.1) is 5.69 Å². The van der Waals surface area contributed by atoms with E-state index in [1.165, 1.54) is 11.1 Å². The zero-order chi connectivity index (χ0) is 14.1. The van der Waals surface area contributed by atoms with Gasteiger partial charge in [-0.1, -0.05) is 30.3 Å². The van der Waals surface area contributed by atoms with Crippen molar-refractivity contribution in [1.82, 2.24) is 9.78 Å². The standard InChI is InChI=1S/C18H17N3/c1-2-6-15-12-17(11-14(15)5-1)20-16-7-3-8-18(13-16)21-10-4-9-19-21/h1-10,13,17,20H,11-12H2. The lowest BCUT2D eigenvalue weighted by Gasteiger charge is -2.14. The Morgan fingerprint density at radius 3 is 2.48 bits per heavy atom. The first-order valence-corrected chi connectivity index (χ1v) is 7.32. The minimum absolute atomic E-state index is 0.482. The summed E-state index contributed by atoms with van der Waals surface area (Å²) in [5, 5.41) is 7.93. The normalized spacial score (nSPS) is 14.1. The van der Waals surface area contributed by atoms with Gasteiger partial charge in [-0.15, -0.1) is 0 Å². The zero-order valence-electron chi connectivity index (χ0n) is 11.7. The number of rotatable bonds is 3. The first-order valence-electron chi connectivity index (χ1n) is 7.32. The average molecular weight is 275 g/mol. The van der Waals surface area contributed by atoms with Gasteiger partial charge in [-0.3, -0.25) is 0 Å². The first-order chi connectivity index (χ1) is 10.4. The fourth-order valence-electron chi connectivity index (χ4n) is 3.06. The molecule has 1 aromatic heterocycles. The van der Waals surface area contributed by atoms with E-state index in [0.717, 1.165) is 24.2 Å². The van der Waals surface area contributed by atoms with Gasteiger partial charge < -0.3 is 5.32 Å². The summed E-state index contributed by atoms with van der Waals surface area (Å²) in [5.74, 6) is 0. The molecule has 0 atom stereocenters. The first kappa shape index (κ1) is 12.2. The van der Waals surface area contributed by atoms with Crippen LogP contribution in [0.4, 0.5) is 5.69 Å². The Kier molecular flexibility index (Phi) is 2.96. The molecule has 0 aliphatic heterocycles. The molecule has 1 aliphatic carbocycles. The fraction of sp³-hybridized carbons (Fsp3) is 0.167. The highest BCUT2D eigenvalue weighted by Crippen LogP contribution is 2.25. The van der Waals surface area contributed by atoms with E-state index < -0.39 is 0 Å². The number of fused-ring (bicyclic) bond motifs is 1. The van der Waals surface area contributed by atoms with Crippen LogP contribution in [0.2, 0.25) is 0 Å². The van der Waals surface area contributed by atoms with Crippen LogP contribution in [0.3, 0.4) is 0 Å². The Labute approximate surface area is 124 Å². The summed E-state index contributed by atoms with van der Waals surface area (Å²) in [6, 6.07) is 19.5. The molecule has 0 spiro atoms. The average Bonchev–Trinajstić information content (AvgIpc) is 3.16. The highest BCUT2D eigenvalue weighted by atomic mass is 15.3. The Hall–Kier alpha value is -2.55. The third-order valence-corrected chi connectivity index (χ3v) is 4.04. The van der Waals surface area contributed by atoms with Crippen molar-refractivity contribution in [2.24, 2.45) is 0 Å². The molecule has 1 N–H and O–H groups in total. The molecule has 21 heavy (non-hydrogen) atoms. The van der Waals surface area contributed by atoms with Crippen molar-refractivity contribution in [3.8, 4) is 5.69 Å². The van der Waals surface area contributed by atoms with Gasteiger partial charge in [0.2, 0.25) is 0 Å². The van der Waals surface area contributed by atoms with Gasteiger partial charge in [0.25, 0.3) is 0 Å². The Morgan fingerprint density at radius 1 is 0.952 bits per heavy atom. The van der Waals surface area contributed by atoms with E-state index in [9.17, 15) is 0 Å². The molecule has 2 aromatic carbocycles. The third kappa shape index (κ3) is 2.42. The molecule has 104 valence electrons. The van der Waals surface area contributed by atoms with Gasteiger partial charge in [-0.2, -0.15) is 5.10 Å². The van der Waals surface area contributed by atoms with Gasteiger partial charge in [-0.25, -0.2) is 4.68 Å². The van der Waals surface area contributed by atoms with Crippen LogP contribution in [0.15, 0.2) is 67.0 Å². The third-order valence-electron chi connectivity index (χ3n) is 4.04. The molecule has 1 heterocycles. The van der Waals surface area contributed by atoms with E-state index in [1.54, 1.807) is 6.20 Å². The summed E-state index contributed by atoms with van der Waals surface area (Å²) in [5.41, 5.74) is 5.18. The molecule has 0 amide bonds. The van der Waals surface area contributed by atoms with E-state index in [-0.39, 0.29) is 0 Å². The summed E-state index contributed by atoms with van der Waals surface area (Å²) >= 11 is 0. The number of nitrogens with zero attached hydrogens (tertiary/aromatic N) is 2. The second-order valence-electron chi connectivity index (χ2n) is 5.52. The quantitative estimate of drug-likeness (QED) is 0.793. The van der Waals surface area contributed by atoms with E-state index in [4.69, 9.17) is 0 Å². The second kappa shape index (κ2) is 5.09. The fourth-order valence-corrected chi connectivity index (χ4v) is 3.06. The van der Waals surface area contributed by atoms with Gasteiger partial charge in [-0.05, 0) is 48.2 Å². The highest BCUT2D eigenvalue weighted by Gasteiger charge is 2.20. The van der Waals surface area contributed by atoms with Crippen molar-refractivity contribution in [2.75, 3.05) is 5.32 Å². The van der Waals surface area contributed by atoms with E-state index in [1.807, 2.05) is 16.9 Å². The van der Waals surface area contributed by atoms with Gasteiger partial charge >= 0.3 is 0 Å². The lowest BCUT2D eigenvalue weighted by atomic mass is 10.1. The number of nitrogens with one attached hydrogen (secondary N) is 1. The van der Waals surface area contributed by atoms with Gasteiger partial charge in [0.1, 0.15) is 0 Å². The van der Waals surface area contributed by atoms with Crippen molar-refractivity contribution in [1.29, 1.82) is 0 Å². The van der Waals surface area contributed by atoms with Crippen molar-refractivity contribution in [2.45, 2.75) is 18.9 Å². The maximum absolute atomic E-state index is 4.28. The molecule has 0 bridgehead atoms. The van der Waals surface area contributed by atoms with Crippen molar-refractivity contribution >= 4 is 5.69 Å². The molecular weight excluding hydrogens is 258 g/mol. The number of hydrogen-bond acceptors (Lipinski definition) is 2. The second-order valence-corrected chi connectivity index (χ2v) is 5.52. The molecule has 0 saturated carbocycles. The predicted molar refractivity (Wildman–Crippen MR) is 84.8 cm³/mol. The molecular formula is C18H17N3. The van der Waals surface area contributed by atoms with Crippen molar-refractivity contribution < 1.29 is 0 Å². The minimum Gasteiger partial charge on any atom is -0.382 e. The Balaban J connectivity index is 1.53. The monoisotopic (exact) mass is 275 g/mol. The molecule has 0 unspecified atom stereocenters. The Morgan fingerprint density at radius 2 is 1.76 bits per heavy atom. The van der Waals surface area contributed by atoms with Crippen LogP contribution < -0.4 is 5.32 Å². The topological polar surface area (TPSA) is 29.9 Å². The summed E-state index contributed by atoms with van der Waals surface area (Å²) in [7, 11) is 0. The molecule has 0 fully saturated rings. The number of anilines is 1. The molecule has 4 rings (SSSR count). The van der Waals surface area contributed by atoms with Crippen LogP contribution in [0.25, 0.3) is 5.69 Å². The molecule has 0 saturated heterocycles. The van der Waals surface area contributed by atoms with Crippen molar-refractivity contribution in [3.05, 3.63) is 78.1 Å². The van der Waals surface area contributed by atoms with Gasteiger partial charge in [0.15, 0.2) is 0 Å². The lowest BCUT2D eigenvalue weighted by Crippen LogP contribution is -2.19. The molecule has 0 radical (unpaired) electrons. The van der Waals surface area contributed by atoms with Crippen LogP contribution in [-0.2, 0) is 12.8 Å². The Bertz CT molecular complexity index is 722. The number of aromatic nitrogens is 2. The van der Waals surface area contributed by atoms with E-state index in [0.29, 0.717) is 6.04 Å². The highest BCUT2D eigenvalue weighted by molar-refractivity contribution is 5.52. The lowest BCUT2D eigenvalue weighted by molar-refractivity contribution is 0.773. The van der Waals surface area contributed by atoms with Crippen molar-refractivity contribution in [3.63, 3.8) is 0 Å². The van der Waals surface area contributed by atoms with E-state index >= 15 is 0 Å². The smallest absolute Gasteiger partial charge is 0.0666 e. The molecule has 3 heteroatoms. The summed E-state index contributed by atoms with van der Waals surface area (Å²) in [4.78, 5) is 0. The SMILES string of the molecule is c1cc(NC2Cc3ccccc3C2)cc(-n2cccn2)c1. The van der Waals surface area contributed by atoms with Crippen LogP contribution in [0, 0.1) is 0 Å². The maximum atomic E-state index is 4.28. The molecule has 3 nitrogen and oxygen atoms in total. The van der Waals surface area contributed by atoms with Crippen LogP contribution in [0.5, 0.6) is 0 Å². The molecule has 1 aliphatic rings. The summed E-state index contributed by atoms with van der Waals surface area (Å²) in [6.45, 7) is 0. The van der Waals surface area contributed by atoms with Crippen LogP contribution in [-0.4, -0.2) is 15.8 Å². The number of hydrogen-bond donors (Lipinski definition) is 1. The largest absolute Gasteiger partial charge is 0.382 e.